The SMILES string of the molecule is CCCNc1ccccc1CC. The maximum Gasteiger partial charge on any atom is 0.0372 e. The number of aryl methyl sites for hydroxylation is 1. The lowest BCUT2D eigenvalue weighted by atomic mass is 10.1. The summed E-state index contributed by atoms with van der Waals surface area (Å²) in [5, 5.41) is 3.41. The van der Waals surface area contributed by atoms with Crippen LogP contribution in [0.15, 0.2) is 24.3 Å². The monoisotopic (exact) mass is 163 g/mol. The molecule has 0 spiro atoms. The quantitative estimate of drug-likeness (QED) is 0.719. The van der Waals surface area contributed by atoms with Crippen LogP contribution in [0.25, 0.3) is 0 Å². The van der Waals surface area contributed by atoms with Crippen molar-refractivity contribution in [3.05, 3.63) is 29.8 Å². The van der Waals surface area contributed by atoms with Crippen LogP contribution >= 0.6 is 0 Å². The summed E-state index contributed by atoms with van der Waals surface area (Å²) in [5.41, 5.74) is 2.70. The highest BCUT2D eigenvalue weighted by atomic mass is 14.9. The van der Waals surface area contributed by atoms with Crippen LogP contribution in [0.1, 0.15) is 25.8 Å². The first-order valence-electron chi connectivity index (χ1n) is 4.70. The average Bonchev–Trinajstić information content (AvgIpc) is 2.15. The summed E-state index contributed by atoms with van der Waals surface area (Å²) < 4.78 is 0. The Labute approximate surface area is 74.8 Å². The first kappa shape index (κ1) is 9.11. The predicted molar refractivity (Wildman–Crippen MR) is 54.6 cm³/mol. The molecule has 0 aromatic heterocycles. The van der Waals surface area contributed by atoms with E-state index < -0.39 is 0 Å². The van der Waals surface area contributed by atoms with Gasteiger partial charge in [-0.3, -0.25) is 0 Å². The Balaban J connectivity index is 2.68. The maximum absolute atomic E-state index is 3.41. The largest absolute Gasteiger partial charge is 0.385 e. The second-order valence-electron chi connectivity index (χ2n) is 2.94. The zero-order valence-electron chi connectivity index (χ0n) is 7.93. The number of rotatable bonds is 4. The van der Waals surface area contributed by atoms with Gasteiger partial charge in [0.2, 0.25) is 0 Å². The third-order valence-corrected chi connectivity index (χ3v) is 1.96. The first-order valence-corrected chi connectivity index (χ1v) is 4.70. The van der Waals surface area contributed by atoms with Crippen LogP contribution in [0.2, 0.25) is 0 Å². The minimum Gasteiger partial charge on any atom is -0.385 e. The Hall–Kier alpha value is -0.980. The van der Waals surface area contributed by atoms with Crippen molar-refractivity contribution >= 4 is 5.69 Å². The highest BCUT2D eigenvalue weighted by Crippen LogP contribution is 2.14. The van der Waals surface area contributed by atoms with Crippen LogP contribution in [0.4, 0.5) is 5.69 Å². The van der Waals surface area contributed by atoms with Crippen molar-refractivity contribution in [1.29, 1.82) is 0 Å². The molecular formula is C11H17N. The Morgan fingerprint density at radius 2 is 1.92 bits per heavy atom. The molecule has 1 nitrogen and oxygen atoms in total. The van der Waals surface area contributed by atoms with E-state index in [9.17, 15) is 0 Å². The summed E-state index contributed by atoms with van der Waals surface area (Å²) in [7, 11) is 0. The molecule has 0 radical (unpaired) electrons. The topological polar surface area (TPSA) is 12.0 Å². The molecule has 0 aliphatic rings. The molecular weight excluding hydrogens is 146 g/mol. The van der Waals surface area contributed by atoms with E-state index in [0.29, 0.717) is 0 Å². The average molecular weight is 163 g/mol. The molecule has 0 bridgehead atoms. The van der Waals surface area contributed by atoms with Crippen molar-refractivity contribution in [1.82, 2.24) is 0 Å². The Bertz CT molecular complexity index is 230. The maximum atomic E-state index is 3.41. The fraction of sp³-hybridized carbons (Fsp3) is 0.455. The highest BCUT2D eigenvalue weighted by molar-refractivity contribution is 5.50. The van der Waals surface area contributed by atoms with E-state index in [4.69, 9.17) is 0 Å². The van der Waals surface area contributed by atoms with Gasteiger partial charge in [0.05, 0.1) is 0 Å². The molecule has 0 aliphatic heterocycles. The van der Waals surface area contributed by atoms with Crippen molar-refractivity contribution in [3.63, 3.8) is 0 Å². The number of anilines is 1. The van der Waals surface area contributed by atoms with Crippen LogP contribution in [-0.4, -0.2) is 6.54 Å². The molecule has 0 saturated heterocycles. The van der Waals surface area contributed by atoms with E-state index in [1.807, 2.05) is 0 Å². The third kappa shape index (κ3) is 2.26. The van der Waals surface area contributed by atoms with Gasteiger partial charge in [-0.25, -0.2) is 0 Å². The van der Waals surface area contributed by atoms with Crippen LogP contribution in [0, 0.1) is 0 Å². The molecule has 0 atom stereocenters. The van der Waals surface area contributed by atoms with Gasteiger partial charge in [-0.15, -0.1) is 0 Å². The molecule has 0 unspecified atom stereocenters. The van der Waals surface area contributed by atoms with Crippen LogP contribution < -0.4 is 5.32 Å². The smallest absolute Gasteiger partial charge is 0.0372 e. The van der Waals surface area contributed by atoms with Crippen LogP contribution in [-0.2, 0) is 6.42 Å². The Kier molecular flexibility index (Phi) is 3.65. The highest BCUT2D eigenvalue weighted by Gasteiger charge is 1.96. The standard InChI is InChI=1S/C11H17N/c1-3-9-12-11-8-6-5-7-10(11)4-2/h5-8,12H,3-4,9H2,1-2H3. The van der Waals surface area contributed by atoms with Crippen molar-refractivity contribution in [2.45, 2.75) is 26.7 Å². The third-order valence-electron chi connectivity index (χ3n) is 1.96. The number of hydrogen-bond donors (Lipinski definition) is 1. The number of para-hydroxylation sites is 1. The van der Waals surface area contributed by atoms with Crippen LogP contribution in [0.3, 0.4) is 0 Å². The van der Waals surface area contributed by atoms with Crippen molar-refractivity contribution in [3.8, 4) is 0 Å². The minimum atomic E-state index is 1.07. The summed E-state index contributed by atoms with van der Waals surface area (Å²) in [6.45, 7) is 5.44. The zero-order chi connectivity index (χ0) is 8.81. The zero-order valence-corrected chi connectivity index (χ0v) is 7.93. The van der Waals surface area contributed by atoms with Gasteiger partial charge in [-0.1, -0.05) is 32.0 Å². The normalized spacial score (nSPS) is 9.83. The summed E-state index contributed by atoms with van der Waals surface area (Å²) in [5.74, 6) is 0. The van der Waals surface area contributed by atoms with E-state index in [1.54, 1.807) is 0 Å². The van der Waals surface area contributed by atoms with E-state index in [2.05, 4.69) is 43.4 Å². The number of benzene rings is 1. The van der Waals surface area contributed by atoms with Crippen molar-refractivity contribution in [2.75, 3.05) is 11.9 Å². The lowest BCUT2D eigenvalue weighted by Gasteiger charge is -2.08. The second kappa shape index (κ2) is 4.81. The molecule has 12 heavy (non-hydrogen) atoms. The molecule has 1 rings (SSSR count). The summed E-state index contributed by atoms with van der Waals surface area (Å²) in [6, 6.07) is 8.50. The summed E-state index contributed by atoms with van der Waals surface area (Å²) in [4.78, 5) is 0. The molecule has 0 saturated carbocycles. The fourth-order valence-electron chi connectivity index (χ4n) is 1.26. The second-order valence-corrected chi connectivity index (χ2v) is 2.94. The van der Waals surface area contributed by atoms with Gasteiger partial charge in [-0.05, 0) is 24.5 Å². The molecule has 1 aromatic carbocycles. The number of nitrogens with one attached hydrogen (secondary N) is 1. The summed E-state index contributed by atoms with van der Waals surface area (Å²) in [6.07, 6.45) is 2.28. The first-order chi connectivity index (χ1) is 5.88. The van der Waals surface area contributed by atoms with Gasteiger partial charge in [0.15, 0.2) is 0 Å². The molecule has 1 heteroatoms. The Morgan fingerprint density at radius 1 is 1.17 bits per heavy atom. The van der Waals surface area contributed by atoms with Gasteiger partial charge in [0, 0.05) is 12.2 Å². The van der Waals surface area contributed by atoms with Crippen molar-refractivity contribution < 1.29 is 0 Å². The molecule has 0 amide bonds. The van der Waals surface area contributed by atoms with E-state index in [1.165, 1.54) is 17.7 Å². The molecule has 1 N–H and O–H groups in total. The molecule has 0 fully saturated rings. The van der Waals surface area contributed by atoms with Gasteiger partial charge in [0.25, 0.3) is 0 Å². The van der Waals surface area contributed by atoms with Gasteiger partial charge < -0.3 is 5.32 Å². The lowest BCUT2D eigenvalue weighted by molar-refractivity contribution is 0.972. The minimum absolute atomic E-state index is 1.07. The predicted octanol–water partition coefficient (Wildman–Crippen LogP) is 3.07. The molecule has 0 heterocycles. The van der Waals surface area contributed by atoms with Gasteiger partial charge >= 0.3 is 0 Å². The summed E-state index contributed by atoms with van der Waals surface area (Å²) >= 11 is 0. The molecule has 1 aromatic rings. The molecule has 0 aliphatic carbocycles. The van der Waals surface area contributed by atoms with Crippen molar-refractivity contribution in [2.24, 2.45) is 0 Å². The number of hydrogen-bond acceptors (Lipinski definition) is 1. The van der Waals surface area contributed by atoms with Gasteiger partial charge in [0.1, 0.15) is 0 Å². The van der Waals surface area contributed by atoms with E-state index in [0.717, 1.165) is 13.0 Å². The van der Waals surface area contributed by atoms with Gasteiger partial charge in [-0.2, -0.15) is 0 Å². The Morgan fingerprint density at radius 3 is 2.58 bits per heavy atom. The lowest BCUT2D eigenvalue weighted by Crippen LogP contribution is -2.01. The van der Waals surface area contributed by atoms with E-state index >= 15 is 0 Å². The van der Waals surface area contributed by atoms with E-state index in [-0.39, 0.29) is 0 Å². The molecule has 66 valence electrons. The van der Waals surface area contributed by atoms with Crippen LogP contribution in [0.5, 0.6) is 0 Å². The fourth-order valence-corrected chi connectivity index (χ4v) is 1.26.